The van der Waals surface area contributed by atoms with Crippen molar-refractivity contribution in [2.24, 2.45) is 0 Å². The molecule has 0 aliphatic carbocycles. The van der Waals surface area contributed by atoms with Crippen LogP contribution in [0.4, 0.5) is 0 Å². The Hall–Kier alpha value is -5.18. The van der Waals surface area contributed by atoms with Crippen LogP contribution in [0, 0.1) is 0 Å². The van der Waals surface area contributed by atoms with Crippen LogP contribution >= 0.6 is 0 Å². The number of aliphatic hydroxyl groups is 29. The number of carboxylic acid groups (broad SMARTS) is 1. The van der Waals surface area contributed by atoms with Crippen molar-refractivity contribution in [3.05, 3.63) is 0 Å². The monoisotopic (exact) mass is 2060 g/mol. The van der Waals surface area contributed by atoms with Gasteiger partial charge in [-0.05, 0) is 13.8 Å². The zero-order valence-corrected chi connectivity index (χ0v) is 76.3. The maximum absolute atomic E-state index is 13.8. The first-order chi connectivity index (χ1) is 66.5. The second kappa shape index (κ2) is 50.0. The number of nitrogens with one attached hydrogen (secondary N) is 5. The Kier molecular flexibility index (Phi) is 41.1. The van der Waals surface area contributed by atoms with Gasteiger partial charge >= 0.3 is 5.97 Å². The van der Waals surface area contributed by atoms with Gasteiger partial charge in [-0.2, -0.15) is 0 Å². The second-order valence-corrected chi connectivity index (χ2v) is 35.9. The summed E-state index contributed by atoms with van der Waals surface area (Å²) < 4.78 is 127. The minimum atomic E-state index is -3.58. The molecule has 0 radical (unpaired) electrons. The number of rotatable bonds is 37. The molecule has 0 bridgehead atoms. The highest BCUT2D eigenvalue weighted by molar-refractivity contribution is 5.76. The third-order valence-electron chi connectivity index (χ3n) is 25.9. The third-order valence-corrected chi connectivity index (χ3v) is 25.9. The zero-order valence-electron chi connectivity index (χ0n) is 76.3. The average molecular weight is 2060 g/mol. The van der Waals surface area contributed by atoms with Gasteiger partial charge in [0.15, 0.2) is 62.9 Å². The summed E-state index contributed by atoms with van der Waals surface area (Å²) >= 11 is 0. The Morgan fingerprint density at radius 2 is 0.645 bits per heavy atom. The van der Waals surface area contributed by atoms with Crippen LogP contribution in [0.5, 0.6) is 0 Å². The lowest BCUT2D eigenvalue weighted by Gasteiger charge is -2.52. The van der Waals surface area contributed by atoms with E-state index >= 15 is 0 Å². The van der Waals surface area contributed by atoms with E-state index in [-0.39, 0.29) is 0 Å². The molecular formula is C79H131N5O57. The van der Waals surface area contributed by atoms with Crippen LogP contribution in [0.3, 0.4) is 0 Å². The molecule has 11 rings (SSSR count). The normalized spacial score (nSPS) is 48.3. The fraction of sp³-hybridized carbons (Fsp3) is 0.924. The van der Waals surface area contributed by atoms with Crippen LogP contribution in [0.1, 0.15) is 54.9 Å². The van der Waals surface area contributed by atoms with Gasteiger partial charge in [-0.1, -0.05) is 0 Å². The zero-order chi connectivity index (χ0) is 104. The first-order valence-electron chi connectivity index (χ1n) is 45.0. The molecule has 62 heteroatoms. The van der Waals surface area contributed by atoms with Crippen molar-refractivity contribution in [3.8, 4) is 0 Å². The fourth-order valence-electron chi connectivity index (χ4n) is 18.4. The van der Waals surface area contributed by atoms with E-state index in [9.17, 15) is 182 Å². The molecule has 11 fully saturated rings. The Morgan fingerprint density at radius 3 is 1.09 bits per heavy atom. The number of amides is 5. The first-order valence-corrected chi connectivity index (χ1v) is 45.0. The van der Waals surface area contributed by atoms with Gasteiger partial charge in [-0.15, -0.1) is 0 Å². The summed E-state index contributed by atoms with van der Waals surface area (Å²) in [7, 11) is 0. The summed E-state index contributed by atoms with van der Waals surface area (Å²) in [5, 5.41) is 350. The van der Waals surface area contributed by atoms with Crippen molar-refractivity contribution in [1.29, 1.82) is 0 Å². The number of carbonyl (C=O) groups excluding carboxylic acids is 5. The van der Waals surface area contributed by atoms with Gasteiger partial charge in [0.05, 0.1) is 77.8 Å². The van der Waals surface area contributed by atoms with Crippen molar-refractivity contribution >= 4 is 35.5 Å². The Bertz CT molecular complexity index is 3990. The Morgan fingerprint density at radius 1 is 0.305 bits per heavy atom. The van der Waals surface area contributed by atoms with Crippen LogP contribution in [0.15, 0.2) is 0 Å². The van der Waals surface area contributed by atoms with Gasteiger partial charge < -0.3 is 279 Å². The minimum Gasteiger partial charge on any atom is -0.477 e. The van der Waals surface area contributed by atoms with E-state index in [2.05, 4.69) is 26.6 Å². The highest BCUT2D eigenvalue weighted by atomic mass is 16.8. The molecule has 0 aromatic carbocycles. The highest BCUT2D eigenvalue weighted by Crippen LogP contribution is 2.45. The van der Waals surface area contributed by atoms with E-state index in [1.165, 1.54) is 13.8 Å². The molecule has 11 aliphatic heterocycles. The van der Waals surface area contributed by atoms with Crippen molar-refractivity contribution in [3.63, 3.8) is 0 Å². The third kappa shape index (κ3) is 25.6. The van der Waals surface area contributed by atoms with Crippen LogP contribution < -0.4 is 26.6 Å². The van der Waals surface area contributed by atoms with Crippen LogP contribution in [-0.4, -0.2) is 591 Å². The lowest BCUT2D eigenvalue weighted by Crippen LogP contribution is -2.72. The van der Waals surface area contributed by atoms with Gasteiger partial charge in [0.1, 0.15) is 256 Å². The maximum Gasteiger partial charge on any atom is 0.364 e. The number of aliphatic hydroxyl groups excluding tert-OH is 29. The molecule has 0 aromatic rings. The van der Waals surface area contributed by atoms with Gasteiger partial charge in [0.25, 0.3) is 5.79 Å². The molecule has 11 heterocycles. The molecule has 0 spiro atoms. The molecule has 11 saturated heterocycles. The maximum atomic E-state index is 13.8. The van der Waals surface area contributed by atoms with E-state index in [1.54, 1.807) is 0 Å². The summed E-state index contributed by atoms with van der Waals surface area (Å²) in [6, 6.07) is -9.81. The number of aliphatic carboxylic acids is 1. The summed E-state index contributed by atoms with van der Waals surface area (Å²) in [4.78, 5) is 79.3. The number of hydrogen-bond acceptors (Lipinski definition) is 56. The molecule has 62 nitrogen and oxygen atoms in total. The predicted molar refractivity (Wildman–Crippen MR) is 435 cm³/mol. The number of carbonyl (C=O) groups is 6. The summed E-state index contributed by atoms with van der Waals surface area (Å²) in [5.41, 5.74) is 0. The van der Waals surface area contributed by atoms with E-state index in [4.69, 9.17) is 99.5 Å². The van der Waals surface area contributed by atoms with Crippen LogP contribution in [0.25, 0.3) is 0 Å². The summed E-state index contributed by atoms with van der Waals surface area (Å²) in [6.45, 7) is -3.96. The van der Waals surface area contributed by atoms with E-state index < -0.39 is 444 Å². The first kappa shape index (κ1) is 116. The van der Waals surface area contributed by atoms with Crippen LogP contribution in [0.2, 0.25) is 0 Å². The number of ether oxygens (including phenoxy) is 21. The molecule has 35 N–H and O–H groups in total. The largest absolute Gasteiger partial charge is 0.477 e. The summed E-state index contributed by atoms with van der Waals surface area (Å²) in [6.07, 6.45) is -110. The number of hydrogen-bond donors (Lipinski definition) is 35. The molecule has 56 atom stereocenters. The molecule has 141 heavy (non-hydrogen) atoms. The lowest BCUT2D eigenvalue weighted by molar-refractivity contribution is -0.407. The van der Waals surface area contributed by atoms with Gasteiger partial charge in [0.2, 0.25) is 29.5 Å². The van der Waals surface area contributed by atoms with Gasteiger partial charge in [0, 0.05) is 41.0 Å². The van der Waals surface area contributed by atoms with Crippen molar-refractivity contribution < 1.29 is 281 Å². The molecule has 11 aliphatic rings. The van der Waals surface area contributed by atoms with Gasteiger partial charge in [-0.25, -0.2) is 4.79 Å². The van der Waals surface area contributed by atoms with Crippen molar-refractivity contribution in [2.45, 2.75) is 398 Å². The predicted octanol–water partition coefficient (Wildman–Crippen LogP) is -23.0. The highest BCUT2D eigenvalue weighted by Gasteiger charge is 2.66. The molecule has 1 unspecified atom stereocenters. The molecular weight excluding hydrogens is 1930 g/mol. The van der Waals surface area contributed by atoms with Crippen molar-refractivity contribution in [2.75, 3.05) is 59.5 Å². The van der Waals surface area contributed by atoms with E-state index in [0.29, 0.717) is 0 Å². The topological polar surface area (TPSA) is 963 Å². The Labute approximate surface area is 798 Å². The molecule has 0 aromatic heterocycles. The quantitative estimate of drug-likeness (QED) is 0.0275. The standard InChI is InChI=1S/C79H131N5O57/c1-18-40(100)50(110)53(113)73(122-18)135-61-32(15-91)127-69(39(84-24(7)97)64(61)138-72-37(82-22(5)95)49(109)58(29(12-88)128-72)134-77-67(139-74-54(114)51(111)41(101)19(2)123-74)56(116)60(31(14-90)131-77)133-71-36(81-21(4)94)48(108)45(105)28(11-87)126-71)121-17-34-46(106)63(38(68(118)124-34)83-23(6)96)137-76-57(117)66(141-79(78(119)120)8-25(98)42(102)65(140-79)43(103)26(99)9-85)62(33(16-92)130-76)136-75-55(115)52(112)59(30(13-89)129-75)132-70-35(80-20(3)93)47(107)44(104)27(10-86)125-70/h18-19,25-77,85-92,98-118H,8-17H2,1-7H3,(H,80,93)(H,81,94)(H,82,95)(H,83,96)(H,84,97)(H,119,120)/t18-,19-,25-,26+,27+,28+,29+,30+,31+,32+,33+,34+,35+,36+,37+,38+,39+,40+,41+,42+,43+,44+,45+,46-,47+,48+,49+,50+,51+,52+,53-,54-,55+,56-,57+,58+,59-,60-,61+,62-,63+,64+,65+,66+,67+,68?,69+,70+,71+,72-,73-,74-,75-,76-,77-,79-/m0/s1. The minimum absolute atomic E-state index is 0.846. The molecule has 0 saturated carbocycles. The fourth-order valence-corrected chi connectivity index (χ4v) is 18.4. The lowest BCUT2D eigenvalue weighted by atomic mass is 9.90. The van der Waals surface area contributed by atoms with Gasteiger partial charge in [-0.3, -0.25) is 24.0 Å². The smallest absolute Gasteiger partial charge is 0.364 e. The number of carboxylic acids is 1. The van der Waals surface area contributed by atoms with Crippen LogP contribution in [-0.2, 0) is 128 Å². The van der Waals surface area contributed by atoms with E-state index in [1.807, 2.05) is 0 Å². The SMILES string of the molecule is CC(=O)N[C@H]1[C@H](O[C@@H]2[C@@H](NC(C)=O)[C@H](OC[C@H]3OC(O)[C@H](NC(C)=O)[C@@H](O[C@@H]4O[C@H](CO)[C@H](O[C@@H]5O[C@H](CO)[C@H](O[C@H]6O[C@H](CO)[C@@H](O)[C@H](O)[C@H]6NC(C)=O)[C@H](O)[C@H]5O)[C@H](O[C@]5(C(=O)O)C[C@H](O)[C@@H](O)[C@H]([C@H](O)[C@H](O)CO)O5)[C@H]4O)[C@H]3O)O[C@H](CO)[C@H]2O[C@@H]2O[C@@H](C)[C@@H](O)[C@@H](O)[C@@H]2O)O[C@H](CO)[C@@H](O[C@@H]2O[C@H](CO)[C@H](O[C@H]3O[C@H](CO)[C@@H](O)[C@H](O)[C@H]3NC(C)=O)[C@H](O)[C@H]2O[C@@H]2O[C@@H](C)[C@@H](O)[C@@H](O)[C@@H]2O)[C@@H]1O. The average Bonchev–Trinajstić information content (AvgIpc) is 0.653. The molecule has 5 amide bonds. The second-order valence-electron chi connectivity index (χ2n) is 35.9. The summed E-state index contributed by atoms with van der Waals surface area (Å²) in [5.74, 6) is -10.8. The van der Waals surface area contributed by atoms with Crippen molar-refractivity contribution in [1.82, 2.24) is 26.6 Å². The van der Waals surface area contributed by atoms with E-state index in [0.717, 1.165) is 34.6 Å². The Balaban J connectivity index is 0.913. The molecule has 814 valence electrons.